The van der Waals surface area contributed by atoms with Crippen LogP contribution in [0.15, 0.2) is 11.8 Å². The van der Waals surface area contributed by atoms with Crippen LogP contribution in [0.5, 0.6) is 0 Å². The number of nitriles is 1. The van der Waals surface area contributed by atoms with E-state index in [1.165, 1.54) is 45.4 Å². The van der Waals surface area contributed by atoms with Crippen molar-refractivity contribution >= 4 is 5.97 Å². The molecule has 0 aliphatic heterocycles. The molecule has 0 aliphatic carbocycles. The van der Waals surface area contributed by atoms with Crippen LogP contribution in [0.25, 0.3) is 0 Å². The second kappa shape index (κ2) is 11.0. The van der Waals surface area contributed by atoms with Gasteiger partial charge in [-0.15, -0.1) is 0 Å². The highest BCUT2D eigenvalue weighted by Crippen LogP contribution is 2.04. The van der Waals surface area contributed by atoms with E-state index < -0.39 is 5.97 Å². The number of carbonyl (C=O) groups excluding carboxylic acids is 1. The molecule has 0 rings (SSSR count). The van der Waals surface area contributed by atoms with Crippen molar-refractivity contribution < 1.29 is 9.53 Å². The maximum Gasteiger partial charge on any atom is 0.350 e. The van der Waals surface area contributed by atoms with Crippen LogP contribution in [0.1, 0.15) is 45.4 Å². The molecule has 1 N–H and O–H groups in total. The third-order valence-corrected chi connectivity index (χ3v) is 2.45. The van der Waals surface area contributed by atoms with E-state index in [1.807, 2.05) is 0 Å². The second-order valence-electron chi connectivity index (χ2n) is 3.88. The van der Waals surface area contributed by atoms with Crippen LogP contribution >= 0.6 is 0 Å². The van der Waals surface area contributed by atoms with Gasteiger partial charge in [-0.2, -0.15) is 5.26 Å². The molecule has 0 aromatic rings. The van der Waals surface area contributed by atoms with Gasteiger partial charge in [-0.1, -0.05) is 39.0 Å². The second-order valence-corrected chi connectivity index (χ2v) is 3.88. The van der Waals surface area contributed by atoms with Gasteiger partial charge in [-0.05, 0) is 6.42 Å². The van der Waals surface area contributed by atoms with Gasteiger partial charge in [0.2, 0.25) is 0 Å². The molecule has 0 aliphatic rings. The first-order valence-electron chi connectivity index (χ1n) is 6.18. The van der Waals surface area contributed by atoms with Gasteiger partial charge < -0.3 is 10.1 Å². The predicted molar refractivity (Wildman–Crippen MR) is 67.1 cm³/mol. The highest BCUT2D eigenvalue weighted by Gasteiger charge is 2.06. The Morgan fingerprint density at radius 3 is 2.53 bits per heavy atom. The number of hydrogen-bond acceptors (Lipinski definition) is 4. The molecule has 17 heavy (non-hydrogen) atoms. The first-order valence-corrected chi connectivity index (χ1v) is 6.18. The van der Waals surface area contributed by atoms with E-state index in [0.29, 0.717) is 0 Å². The third-order valence-electron chi connectivity index (χ3n) is 2.45. The molecular weight excluding hydrogens is 216 g/mol. The first kappa shape index (κ1) is 15.5. The van der Waals surface area contributed by atoms with E-state index in [9.17, 15) is 4.79 Å². The highest BCUT2D eigenvalue weighted by molar-refractivity contribution is 5.92. The number of methoxy groups -OCH3 is 1. The lowest BCUT2D eigenvalue weighted by molar-refractivity contribution is -0.135. The van der Waals surface area contributed by atoms with E-state index in [4.69, 9.17) is 5.26 Å². The fourth-order valence-corrected chi connectivity index (χ4v) is 1.43. The number of ether oxygens (including phenoxy) is 1. The minimum atomic E-state index is -0.594. The molecule has 0 spiro atoms. The molecule has 0 saturated carbocycles. The Kier molecular flexibility index (Phi) is 10.0. The topological polar surface area (TPSA) is 62.1 Å². The van der Waals surface area contributed by atoms with Gasteiger partial charge in [0, 0.05) is 12.7 Å². The maximum atomic E-state index is 11.0. The van der Waals surface area contributed by atoms with Crippen molar-refractivity contribution in [3.05, 3.63) is 11.8 Å². The number of nitrogens with one attached hydrogen (secondary N) is 1. The molecule has 4 heteroatoms. The number of unbranched alkanes of at least 4 members (excludes halogenated alkanes) is 5. The van der Waals surface area contributed by atoms with Crippen molar-refractivity contribution in [3.63, 3.8) is 0 Å². The van der Waals surface area contributed by atoms with Gasteiger partial charge in [0.05, 0.1) is 7.11 Å². The minimum Gasteiger partial charge on any atom is -0.465 e. The molecule has 0 aromatic carbocycles. The molecule has 0 heterocycles. The van der Waals surface area contributed by atoms with Gasteiger partial charge in [0.1, 0.15) is 6.07 Å². The summed E-state index contributed by atoms with van der Waals surface area (Å²) in [6, 6.07) is 1.80. The molecule has 0 atom stereocenters. The Hall–Kier alpha value is -1.50. The number of carbonyl (C=O) groups is 1. The van der Waals surface area contributed by atoms with Gasteiger partial charge >= 0.3 is 5.97 Å². The van der Waals surface area contributed by atoms with Crippen LogP contribution in [0.2, 0.25) is 0 Å². The van der Waals surface area contributed by atoms with E-state index >= 15 is 0 Å². The normalized spacial score (nSPS) is 10.8. The molecule has 96 valence electrons. The van der Waals surface area contributed by atoms with Crippen molar-refractivity contribution in [3.8, 4) is 6.07 Å². The average Bonchev–Trinajstić information content (AvgIpc) is 2.36. The van der Waals surface area contributed by atoms with Crippen molar-refractivity contribution in [1.82, 2.24) is 5.32 Å². The molecule has 0 saturated heterocycles. The molecule has 4 nitrogen and oxygen atoms in total. The number of rotatable bonds is 9. The summed E-state index contributed by atoms with van der Waals surface area (Å²) in [5.74, 6) is -0.594. The maximum absolute atomic E-state index is 11.0. The van der Waals surface area contributed by atoms with Crippen LogP contribution in [0.4, 0.5) is 0 Å². The summed E-state index contributed by atoms with van der Waals surface area (Å²) in [5, 5.41) is 11.6. The van der Waals surface area contributed by atoms with E-state index in [1.54, 1.807) is 6.07 Å². The van der Waals surface area contributed by atoms with E-state index in [2.05, 4.69) is 17.0 Å². The Balaban J connectivity index is 3.58. The standard InChI is InChI=1S/C13H22N2O2/c1-3-4-5-6-7-8-9-15-11-12(10-14)13(16)17-2/h11,15H,3-9H2,1-2H3. The largest absolute Gasteiger partial charge is 0.465 e. The molecule has 0 aromatic heterocycles. The predicted octanol–water partition coefficient (Wildman–Crippen LogP) is 2.52. The van der Waals surface area contributed by atoms with Crippen LogP contribution in [-0.2, 0) is 9.53 Å². The summed E-state index contributed by atoms with van der Waals surface area (Å²) in [6.45, 7) is 2.98. The molecule has 0 bridgehead atoms. The number of nitrogens with zero attached hydrogens (tertiary/aromatic N) is 1. The molecule has 0 amide bonds. The van der Waals surface area contributed by atoms with Gasteiger partial charge in [-0.25, -0.2) is 4.79 Å². The molecular formula is C13H22N2O2. The summed E-state index contributed by atoms with van der Waals surface area (Å²) in [7, 11) is 1.27. The van der Waals surface area contributed by atoms with Crippen LogP contribution in [0, 0.1) is 11.3 Å². The summed E-state index contributed by atoms with van der Waals surface area (Å²) in [6.07, 6.45) is 8.76. The SMILES string of the molecule is CCCCCCCCNC=C(C#N)C(=O)OC. The highest BCUT2D eigenvalue weighted by atomic mass is 16.5. The summed E-state index contributed by atoms with van der Waals surface area (Å²) in [5.41, 5.74) is 0.0125. The average molecular weight is 238 g/mol. The number of esters is 1. The first-order chi connectivity index (χ1) is 8.26. The molecule has 0 fully saturated rings. The fraction of sp³-hybridized carbons (Fsp3) is 0.692. The van der Waals surface area contributed by atoms with E-state index in [0.717, 1.165) is 13.0 Å². The van der Waals surface area contributed by atoms with Crippen LogP contribution in [0.3, 0.4) is 0 Å². The summed E-state index contributed by atoms with van der Waals surface area (Å²) >= 11 is 0. The Labute approximate surface area is 104 Å². The zero-order chi connectivity index (χ0) is 12.9. The Bertz CT molecular complexity index is 280. The van der Waals surface area contributed by atoms with E-state index in [-0.39, 0.29) is 5.57 Å². The van der Waals surface area contributed by atoms with Crippen molar-refractivity contribution in [2.75, 3.05) is 13.7 Å². The van der Waals surface area contributed by atoms with Crippen molar-refractivity contribution in [2.24, 2.45) is 0 Å². The zero-order valence-corrected chi connectivity index (χ0v) is 10.8. The number of hydrogen-bond donors (Lipinski definition) is 1. The van der Waals surface area contributed by atoms with Gasteiger partial charge in [0.25, 0.3) is 0 Å². The fourth-order valence-electron chi connectivity index (χ4n) is 1.43. The molecule has 0 radical (unpaired) electrons. The van der Waals surface area contributed by atoms with Crippen LogP contribution in [-0.4, -0.2) is 19.6 Å². The summed E-state index contributed by atoms with van der Waals surface area (Å²) in [4.78, 5) is 11.0. The van der Waals surface area contributed by atoms with Crippen LogP contribution < -0.4 is 5.32 Å². The van der Waals surface area contributed by atoms with Gasteiger partial charge in [0.15, 0.2) is 5.57 Å². The van der Waals surface area contributed by atoms with Crippen molar-refractivity contribution in [2.45, 2.75) is 45.4 Å². The lowest BCUT2D eigenvalue weighted by Crippen LogP contribution is -2.12. The Morgan fingerprint density at radius 1 is 1.29 bits per heavy atom. The lowest BCUT2D eigenvalue weighted by Gasteiger charge is -2.02. The van der Waals surface area contributed by atoms with Gasteiger partial charge in [-0.3, -0.25) is 0 Å². The quantitative estimate of drug-likeness (QED) is 0.290. The molecule has 0 unspecified atom stereocenters. The minimum absolute atomic E-state index is 0.0125. The third kappa shape index (κ3) is 8.32. The summed E-state index contributed by atoms with van der Waals surface area (Å²) < 4.78 is 4.46. The Morgan fingerprint density at radius 2 is 1.94 bits per heavy atom. The monoisotopic (exact) mass is 238 g/mol. The zero-order valence-electron chi connectivity index (χ0n) is 10.8. The smallest absolute Gasteiger partial charge is 0.350 e. The lowest BCUT2D eigenvalue weighted by atomic mass is 10.1. The van der Waals surface area contributed by atoms with Crippen molar-refractivity contribution in [1.29, 1.82) is 5.26 Å².